The van der Waals surface area contributed by atoms with E-state index in [-0.39, 0.29) is 11.7 Å². The van der Waals surface area contributed by atoms with Crippen LogP contribution < -0.4 is 5.32 Å². The first-order valence-corrected chi connectivity index (χ1v) is 9.11. The van der Waals surface area contributed by atoms with E-state index in [0.717, 1.165) is 11.1 Å². The minimum Gasteiger partial charge on any atom is -0.358 e. The van der Waals surface area contributed by atoms with Crippen LogP contribution in [0.4, 0.5) is 0 Å². The zero-order valence-corrected chi connectivity index (χ0v) is 15.2. The van der Waals surface area contributed by atoms with Gasteiger partial charge in [-0.15, -0.1) is 10.2 Å². The van der Waals surface area contributed by atoms with Crippen molar-refractivity contribution in [3.8, 4) is 11.4 Å². The van der Waals surface area contributed by atoms with Gasteiger partial charge in [-0.1, -0.05) is 65.8 Å². The van der Waals surface area contributed by atoms with E-state index in [9.17, 15) is 4.79 Å². The van der Waals surface area contributed by atoms with Crippen molar-refractivity contribution in [2.75, 3.05) is 12.8 Å². The van der Waals surface area contributed by atoms with Crippen molar-refractivity contribution < 1.29 is 4.79 Å². The summed E-state index contributed by atoms with van der Waals surface area (Å²) in [5.74, 6) is 0.916. The number of hydrogen-bond acceptors (Lipinski definition) is 4. The second-order valence-corrected chi connectivity index (χ2v) is 6.67. The molecule has 5 nitrogen and oxygen atoms in total. The molecule has 1 N–H and O–H groups in total. The number of rotatable bonds is 6. The molecule has 25 heavy (non-hydrogen) atoms. The summed E-state index contributed by atoms with van der Waals surface area (Å²) in [5.41, 5.74) is 1.94. The Kier molecular flexibility index (Phi) is 5.73. The lowest BCUT2D eigenvalue weighted by Crippen LogP contribution is -2.20. The Balaban J connectivity index is 1.99. The molecule has 7 heteroatoms. The lowest BCUT2D eigenvalue weighted by atomic mass is 10.2. The molecule has 0 spiro atoms. The van der Waals surface area contributed by atoms with Gasteiger partial charge >= 0.3 is 0 Å². The summed E-state index contributed by atoms with van der Waals surface area (Å²) in [6.45, 7) is 0.602. The van der Waals surface area contributed by atoms with Crippen molar-refractivity contribution >= 4 is 29.3 Å². The molecule has 0 fully saturated rings. The molecule has 128 valence electrons. The van der Waals surface area contributed by atoms with E-state index in [1.54, 1.807) is 7.05 Å². The number of carbonyl (C=O) groups is 1. The fraction of sp³-hybridized carbons (Fsp3) is 0.167. The Hall–Kier alpha value is -2.31. The highest BCUT2D eigenvalue weighted by Gasteiger charge is 2.17. The van der Waals surface area contributed by atoms with Gasteiger partial charge in [0.05, 0.1) is 17.3 Å². The number of hydrogen-bond donors (Lipinski definition) is 1. The van der Waals surface area contributed by atoms with E-state index in [1.165, 1.54) is 11.8 Å². The Bertz CT molecular complexity index is 867. The highest BCUT2D eigenvalue weighted by Crippen LogP contribution is 2.29. The third-order valence-electron chi connectivity index (χ3n) is 3.63. The number of halogens is 1. The quantitative estimate of drug-likeness (QED) is 0.673. The van der Waals surface area contributed by atoms with Crippen LogP contribution in [0.1, 0.15) is 5.56 Å². The van der Waals surface area contributed by atoms with Crippen molar-refractivity contribution in [2.24, 2.45) is 0 Å². The molecular weight excluding hydrogens is 356 g/mol. The average molecular weight is 373 g/mol. The number of nitrogens with one attached hydrogen (secondary N) is 1. The van der Waals surface area contributed by atoms with Crippen molar-refractivity contribution in [3.63, 3.8) is 0 Å². The Labute approximate surface area is 155 Å². The zero-order valence-electron chi connectivity index (χ0n) is 13.6. The SMILES string of the molecule is CNC(=O)CSc1nnc(-c2ccccc2Cl)n1Cc1ccccc1. The fourth-order valence-corrected chi connectivity index (χ4v) is 3.38. The molecule has 0 saturated heterocycles. The van der Waals surface area contributed by atoms with E-state index in [4.69, 9.17) is 11.6 Å². The van der Waals surface area contributed by atoms with Gasteiger partial charge in [0.1, 0.15) is 0 Å². The Morgan fingerprint density at radius 3 is 2.56 bits per heavy atom. The lowest BCUT2D eigenvalue weighted by Gasteiger charge is -2.11. The molecule has 1 aromatic heterocycles. The van der Waals surface area contributed by atoms with Crippen molar-refractivity contribution in [2.45, 2.75) is 11.7 Å². The van der Waals surface area contributed by atoms with Crippen molar-refractivity contribution in [1.29, 1.82) is 0 Å². The van der Waals surface area contributed by atoms with Gasteiger partial charge in [0.2, 0.25) is 5.91 Å². The molecule has 0 atom stereocenters. The molecule has 0 unspecified atom stereocenters. The third-order valence-corrected chi connectivity index (χ3v) is 4.92. The van der Waals surface area contributed by atoms with Crippen LogP contribution in [-0.2, 0) is 11.3 Å². The molecule has 0 radical (unpaired) electrons. The number of benzene rings is 2. The second kappa shape index (κ2) is 8.18. The summed E-state index contributed by atoms with van der Waals surface area (Å²) in [4.78, 5) is 11.6. The molecule has 1 amide bonds. The maximum absolute atomic E-state index is 11.6. The van der Waals surface area contributed by atoms with Crippen molar-refractivity contribution in [3.05, 3.63) is 65.2 Å². The van der Waals surface area contributed by atoms with Gasteiger partial charge in [0, 0.05) is 12.6 Å². The smallest absolute Gasteiger partial charge is 0.230 e. The highest BCUT2D eigenvalue weighted by molar-refractivity contribution is 7.99. The van der Waals surface area contributed by atoms with Crippen LogP contribution in [0.3, 0.4) is 0 Å². The van der Waals surface area contributed by atoms with E-state index in [0.29, 0.717) is 22.5 Å². The van der Waals surface area contributed by atoms with Crippen LogP contribution in [0, 0.1) is 0 Å². The second-order valence-electron chi connectivity index (χ2n) is 5.32. The highest BCUT2D eigenvalue weighted by atomic mass is 35.5. The summed E-state index contributed by atoms with van der Waals surface area (Å²) in [6, 6.07) is 17.6. The molecule has 0 aliphatic heterocycles. The van der Waals surface area contributed by atoms with Gasteiger partial charge < -0.3 is 5.32 Å². The van der Waals surface area contributed by atoms with E-state index in [1.807, 2.05) is 59.2 Å². The number of amides is 1. The Morgan fingerprint density at radius 2 is 1.84 bits per heavy atom. The first kappa shape index (κ1) is 17.5. The van der Waals surface area contributed by atoms with Crippen molar-refractivity contribution in [1.82, 2.24) is 20.1 Å². The van der Waals surface area contributed by atoms with E-state index < -0.39 is 0 Å². The maximum Gasteiger partial charge on any atom is 0.230 e. The summed E-state index contributed by atoms with van der Waals surface area (Å²) in [6.07, 6.45) is 0. The summed E-state index contributed by atoms with van der Waals surface area (Å²) in [7, 11) is 1.62. The topological polar surface area (TPSA) is 59.8 Å². The molecule has 0 bridgehead atoms. The van der Waals surface area contributed by atoms with Crippen LogP contribution in [0.25, 0.3) is 11.4 Å². The molecular formula is C18H17ClN4OS. The Morgan fingerprint density at radius 1 is 1.12 bits per heavy atom. The van der Waals surface area contributed by atoms with Crippen LogP contribution in [-0.4, -0.2) is 33.5 Å². The van der Waals surface area contributed by atoms with Gasteiger partial charge in [-0.2, -0.15) is 0 Å². The normalized spacial score (nSPS) is 10.6. The summed E-state index contributed by atoms with van der Waals surface area (Å²) < 4.78 is 1.99. The number of carbonyl (C=O) groups excluding carboxylic acids is 1. The van der Waals surface area contributed by atoms with E-state index in [2.05, 4.69) is 15.5 Å². The third kappa shape index (κ3) is 4.21. The summed E-state index contributed by atoms with van der Waals surface area (Å²) >= 11 is 7.70. The number of thioether (sulfide) groups is 1. The molecule has 0 saturated carbocycles. The van der Waals surface area contributed by atoms with Crippen LogP contribution in [0.5, 0.6) is 0 Å². The largest absolute Gasteiger partial charge is 0.358 e. The van der Waals surface area contributed by atoms with Gasteiger partial charge in [0.25, 0.3) is 0 Å². The first-order valence-electron chi connectivity index (χ1n) is 7.74. The average Bonchev–Trinajstić information content (AvgIpc) is 3.03. The predicted molar refractivity (Wildman–Crippen MR) is 101 cm³/mol. The van der Waals surface area contributed by atoms with Gasteiger partial charge in [-0.3, -0.25) is 9.36 Å². The molecule has 3 aromatic rings. The molecule has 0 aliphatic rings. The number of nitrogens with zero attached hydrogens (tertiary/aromatic N) is 3. The minimum absolute atomic E-state index is 0.0569. The van der Waals surface area contributed by atoms with Crippen LogP contribution >= 0.6 is 23.4 Å². The zero-order chi connectivity index (χ0) is 17.6. The lowest BCUT2D eigenvalue weighted by molar-refractivity contribution is -0.118. The fourth-order valence-electron chi connectivity index (χ4n) is 2.35. The molecule has 0 aliphatic carbocycles. The predicted octanol–water partition coefficient (Wildman–Crippen LogP) is 3.48. The standard InChI is InChI=1S/C18H17ClN4OS/c1-20-16(24)12-25-18-22-21-17(14-9-5-6-10-15(14)19)23(18)11-13-7-3-2-4-8-13/h2-10H,11-12H2,1H3,(H,20,24). The van der Waals surface area contributed by atoms with Crippen LogP contribution in [0.2, 0.25) is 5.02 Å². The summed E-state index contributed by atoms with van der Waals surface area (Å²) in [5, 5.41) is 12.5. The van der Waals surface area contributed by atoms with Gasteiger partial charge in [-0.05, 0) is 17.7 Å². The maximum atomic E-state index is 11.6. The van der Waals surface area contributed by atoms with Gasteiger partial charge in [0.15, 0.2) is 11.0 Å². The van der Waals surface area contributed by atoms with E-state index >= 15 is 0 Å². The monoisotopic (exact) mass is 372 g/mol. The molecule has 3 rings (SSSR count). The molecule has 2 aromatic carbocycles. The number of aromatic nitrogens is 3. The molecule has 1 heterocycles. The van der Waals surface area contributed by atoms with Crippen LogP contribution in [0.15, 0.2) is 59.8 Å². The van der Waals surface area contributed by atoms with Gasteiger partial charge in [-0.25, -0.2) is 0 Å². The minimum atomic E-state index is -0.0569. The first-order chi connectivity index (χ1) is 12.2.